The number of nitrogens with zero attached hydrogens (tertiary/aromatic N) is 2. The van der Waals surface area contributed by atoms with Gasteiger partial charge < -0.3 is 4.74 Å². The molecular formula is C35H35IN6O8. The summed E-state index contributed by atoms with van der Waals surface area (Å²) >= 11 is -1.93. The summed E-state index contributed by atoms with van der Waals surface area (Å²) in [6.45, 7) is 7.38. The van der Waals surface area contributed by atoms with Gasteiger partial charge >= 0.3 is 199 Å². The van der Waals surface area contributed by atoms with Gasteiger partial charge in [-0.15, -0.1) is 5.48 Å². The number of anilines is 1. The number of benzene rings is 2. The minimum Gasteiger partial charge on any atom is -0.456 e. The summed E-state index contributed by atoms with van der Waals surface area (Å²) in [4.78, 5) is 87.2. The Morgan fingerprint density at radius 1 is 0.980 bits per heavy atom. The number of hydrogen-bond donors (Lipinski definition) is 4. The van der Waals surface area contributed by atoms with Gasteiger partial charge in [-0.2, -0.15) is 0 Å². The van der Waals surface area contributed by atoms with E-state index in [4.69, 9.17) is 15.3 Å². The van der Waals surface area contributed by atoms with Crippen molar-refractivity contribution < 1.29 is 24.0 Å². The monoisotopic (exact) mass is 794 g/mol. The molecule has 14 nitrogen and oxygen atoms in total. The molecule has 15 heteroatoms. The second-order valence-corrected chi connectivity index (χ2v) is 18.4. The molecule has 50 heavy (non-hydrogen) atoms. The number of nitrogens with one attached hydrogen (secondary N) is 3. The molecule has 0 fully saturated rings. The van der Waals surface area contributed by atoms with Crippen LogP contribution in [0.15, 0.2) is 63.0 Å². The molecule has 1 aliphatic heterocycles. The van der Waals surface area contributed by atoms with E-state index in [1.54, 1.807) is 45.9 Å². The number of imidazole rings is 1. The number of fused-ring (bicyclic) bond motifs is 2. The standard InChI is InChI=1S/C35H35IN6O8/c1-18-11-19(6-8-23(18)32(46)49-35(2,3)4)16-40-50-33(47)25-13-24(41-26-17-39-34(48)42(25)26)31(45)38-15-20-5-7-21-9-10-36(14-22(21)12-20)27-28(37)30(44)29(27)43/h5-8,11-13,17,40H,9-10,14-16,37H2,1-4H3,(H,38,45)(H,39,48). The number of aromatic amines is 1. The number of esters is 1. The molecule has 1 amide bonds. The van der Waals surface area contributed by atoms with Gasteiger partial charge in [-0.3, -0.25) is 0 Å². The molecular weight excluding hydrogens is 759 g/mol. The van der Waals surface area contributed by atoms with E-state index in [9.17, 15) is 28.8 Å². The molecule has 3 aromatic carbocycles. The summed E-state index contributed by atoms with van der Waals surface area (Å²) in [6.07, 6.45) is 2.09. The maximum atomic E-state index is 13.3. The third-order valence-electron chi connectivity index (χ3n) is 8.07. The number of amides is 1. The van der Waals surface area contributed by atoms with Crippen LogP contribution in [0.4, 0.5) is 5.69 Å². The zero-order valence-electron chi connectivity index (χ0n) is 27.8. The van der Waals surface area contributed by atoms with Gasteiger partial charge in [0.1, 0.15) is 5.60 Å². The summed E-state index contributed by atoms with van der Waals surface area (Å²) in [6, 6.07) is 12.2. The van der Waals surface area contributed by atoms with Crippen LogP contribution >= 0.6 is 19.8 Å². The molecule has 0 unspecified atom stereocenters. The van der Waals surface area contributed by atoms with E-state index in [1.807, 2.05) is 18.2 Å². The SMILES string of the molecule is Cc1cc(CNOC(=O)c2cc(C(=O)NCc3ccc4c(c3)CI(c3c(N)c(=O)c3=O)CC4)nc3c[nH]c(=O)n23)ccc1C(=O)OC(C)(C)C. The fraction of sp³-hybridized carbons (Fsp3) is 0.286. The van der Waals surface area contributed by atoms with E-state index < -0.39 is 59.8 Å². The van der Waals surface area contributed by atoms with Gasteiger partial charge in [0, 0.05) is 0 Å². The minimum absolute atomic E-state index is 0.0472. The van der Waals surface area contributed by atoms with Crippen molar-refractivity contribution in [2.45, 2.75) is 57.2 Å². The Kier molecular flexibility index (Phi) is 9.46. The number of halogens is 1. The summed E-state index contributed by atoms with van der Waals surface area (Å²) < 4.78 is 8.61. The number of H-pyrrole nitrogens is 1. The first-order valence-corrected chi connectivity index (χ1v) is 19.8. The summed E-state index contributed by atoms with van der Waals surface area (Å²) in [5, 5.41) is 2.82. The number of alkyl halides is 2. The Bertz CT molecular complexity index is 2310. The number of hydrogen-bond acceptors (Lipinski definition) is 11. The van der Waals surface area contributed by atoms with Crippen LogP contribution < -0.4 is 33.1 Å². The van der Waals surface area contributed by atoms with Gasteiger partial charge in [0.25, 0.3) is 0 Å². The Labute approximate surface area is 292 Å². The molecule has 0 spiro atoms. The van der Waals surface area contributed by atoms with Crippen LogP contribution in [0.25, 0.3) is 5.65 Å². The number of aryl methyl sites for hydroxylation is 2. The first-order chi connectivity index (χ1) is 23.7. The fourth-order valence-electron chi connectivity index (χ4n) is 5.62. The van der Waals surface area contributed by atoms with Crippen LogP contribution in [-0.4, -0.2) is 42.2 Å². The van der Waals surface area contributed by atoms with Crippen molar-refractivity contribution in [2.75, 3.05) is 10.2 Å². The number of aromatic nitrogens is 3. The van der Waals surface area contributed by atoms with Crippen molar-refractivity contribution in [1.82, 2.24) is 25.2 Å². The average Bonchev–Trinajstić information content (AvgIpc) is 3.45. The van der Waals surface area contributed by atoms with Crippen molar-refractivity contribution >= 4 is 49.0 Å². The van der Waals surface area contributed by atoms with Crippen LogP contribution in [0, 0.1) is 10.5 Å². The summed E-state index contributed by atoms with van der Waals surface area (Å²) in [7, 11) is 0. The van der Waals surface area contributed by atoms with Crippen LogP contribution in [0.2, 0.25) is 0 Å². The normalized spacial score (nSPS) is 13.6. The number of ether oxygens (including phenoxy) is 1. The Morgan fingerprint density at radius 2 is 1.72 bits per heavy atom. The molecule has 0 radical (unpaired) electrons. The van der Waals surface area contributed by atoms with E-state index in [2.05, 4.69) is 20.8 Å². The Hall–Kier alpha value is -5.16. The molecule has 5 N–H and O–H groups in total. The van der Waals surface area contributed by atoms with Gasteiger partial charge in [-0.25, -0.2) is 9.59 Å². The molecule has 5 aromatic rings. The van der Waals surface area contributed by atoms with E-state index in [0.717, 1.165) is 31.9 Å². The van der Waals surface area contributed by atoms with Crippen molar-refractivity contribution in [3.63, 3.8) is 0 Å². The molecule has 0 saturated carbocycles. The van der Waals surface area contributed by atoms with Crippen molar-refractivity contribution in [1.29, 1.82) is 0 Å². The Morgan fingerprint density at radius 3 is 2.44 bits per heavy atom. The molecule has 0 saturated heterocycles. The van der Waals surface area contributed by atoms with Crippen LogP contribution in [0.1, 0.15) is 79.9 Å². The maximum Gasteiger partial charge on any atom is 0.338 e. The molecule has 0 aliphatic carbocycles. The van der Waals surface area contributed by atoms with E-state index >= 15 is 0 Å². The third kappa shape index (κ3) is 7.09. The van der Waals surface area contributed by atoms with E-state index in [-0.39, 0.29) is 35.8 Å². The van der Waals surface area contributed by atoms with Gasteiger partial charge in [-0.05, 0) is 44.9 Å². The number of rotatable bonds is 9. The number of carbonyl (C=O) groups is 3. The summed E-state index contributed by atoms with van der Waals surface area (Å²) in [5.41, 5.74) is 10.9. The van der Waals surface area contributed by atoms with Gasteiger partial charge in [0.05, 0.1) is 12.1 Å². The quantitative estimate of drug-likeness (QED) is 0.0562. The van der Waals surface area contributed by atoms with Gasteiger partial charge in [-0.1, -0.05) is 12.1 Å². The number of carbonyl (C=O) groups excluding carboxylic acids is 3. The van der Waals surface area contributed by atoms with Crippen LogP contribution in [0.3, 0.4) is 0 Å². The number of nitrogen functional groups attached to an aromatic ring is 1. The second-order valence-electron chi connectivity index (χ2n) is 12.9. The average molecular weight is 795 g/mol. The minimum atomic E-state index is -1.93. The molecule has 0 bridgehead atoms. The van der Waals surface area contributed by atoms with Crippen molar-refractivity contribution in [2.24, 2.45) is 0 Å². The maximum absolute atomic E-state index is 13.3. The largest absolute Gasteiger partial charge is 0.456 e. The number of nitrogens with two attached hydrogens (primary N) is 1. The first-order valence-electron chi connectivity index (χ1n) is 15.7. The second kappa shape index (κ2) is 13.6. The van der Waals surface area contributed by atoms with Gasteiger partial charge in [0.2, 0.25) is 0 Å². The molecule has 1 aliphatic rings. The first kappa shape index (κ1) is 34.7. The Balaban J connectivity index is 1.11. The molecule has 0 atom stereocenters. The smallest absolute Gasteiger partial charge is 0.338 e. The molecule has 2 aromatic heterocycles. The topological polar surface area (TPSA) is 204 Å². The van der Waals surface area contributed by atoms with Crippen LogP contribution in [-0.2, 0) is 33.5 Å². The summed E-state index contributed by atoms with van der Waals surface area (Å²) in [5.74, 6) is -1.94. The van der Waals surface area contributed by atoms with Crippen molar-refractivity contribution in [3.8, 4) is 0 Å². The fourth-order valence-corrected chi connectivity index (χ4v) is 11.9. The molecule has 3 heterocycles. The van der Waals surface area contributed by atoms with Gasteiger partial charge in [0.15, 0.2) is 0 Å². The third-order valence-corrected chi connectivity index (χ3v) is 14.3. The number of hydroxylamine groups is 1. The molecule has 6 rings (SSSR count). The van der Waals surface area contributed by atoms with Crippen molar-refractivity contribution in [3.05, 3.63) is 128 Å². The zero-order chi connectivity index (χ0) is 35.9. The zero-order valence-corrected chi connectivity index (χ0v) is 29.9. The predicted octanol–water partition coefficient (Wildman–Crippen LogP) is 2.69. The van der Waals surface area contributed by atoms with E-state index in [1.165, 1.54) is 17.8 Å². The molecule has 260 valence electrons. The van der Waals surface area contributed by atoms with E-state index in [0.29, 0.717) is 19.1 Å². The predicted molar refractivity (Wildman–Crippen MR) is 193 cm³/mol. The van der Waals surface area contributed by atoms with Crippen LogP contribution in [0.5, 0.6) is 0 Å².